The van der Waals surface area contributed by atoms with Crippen molar-refractivity contribution in [3.63, 3.8) is 0 Å². The summed E-state index contributed by atoms with van der Waals surface area (Å²) in [5.74, 6) is -0.208. The van der Waals surface area contributed by atoms with Crippen LogP contribution in [0.1, 0.15) is 33.6 Å². The number of hydrogen-bond acceptors (Lipinski definition) is 4. The third kappa shape index (κ3) is 5.74. The Hall–Kier alpha value is -0.610. The van der Waals surface area contributed by atoms with Crippen molar-refractivity contribution in [3.8, 4) is 0 Å². The molecule has 4 nitrogen and oxygen atoms in total. The van der Waals surface area contributed by atoms with E-state index >= 15 is 0 Å². The van der Waals surface area contributed by atoms with Crippen LogP contribution in [0.25, 0.3) is 0 Å². The number of esters is 1. The normalized spacial score (nSPS) is 21.7. The van der Waals surface area contributed by atoms with Crippen LogP contribution < -0.4 is 5.32 Å². The molecule has 0 amide bonds. The quantitative estimate of drug-likeness (QED) is 0.713. The lowest BCUT2D eigenvalue weighted by Crippen LogP contribution is -2.40. The minimum atomic E-state index is -0.208. The van der Waals surface area contributed by atoms with E-state index in [4.69, 9.17) is 9.47 Å². The molecule has 0 aromatic rings. The lowest BCUT2D eigenvalue weighted by Gasteiger charge is -2.20. The molecule has 0 bridgehead atoms. The molecule has 4 heteroatoms. The van der Waals surface area contributed by atoms with Gasteiger partial charge >= 0.3 is 5.97 Å². The lowest BCUT2D eigenvalue weighted by atomic mass is 10.1. The van der Waals surface area contributed by atoms with Gasteiger partial charge < -0.3 is 14.8 Å². The Labute approximate surface area is 91.3 Å². The average molecular weight is 215 g/mol. The Morgan fingerprint density at radius 3 is 2.80 bits per heavy atom. The third-order valence-electron chi connectivity index (χ3n) is 2.22. The van der Waals surface area contributed by atoms with Crippen molar-refractivity contribution in [1.82, 2.24) is 5.32 Å². The van der Waals surface area contributed by atoms with Gasteiger partial charge in [-0.1, -0.05) is 0 Å². The van der Waals surface area contributed by atoms with Gasteiger partial charge in [-0.25, -0.2) is 0 Å². The van der Waals surface area contributed by atoms with Crippen molar-refractivity contribution in [2.24, 2.45) is 0 Å². The van der Waals surface area contributed by atoms with Gasteiger partial charge in [0.1, 0.15) is 6.61 Å². The molecule has 1 aliphatic heterocycles. The predicted octanol–water partition coefficient (Wildman–Crippen LogP) is 1.10. The number of carbonyl (C=O) groups excluding carboxylic acids is 1. The number of carbonyl (C=O) groups is 1. The van der Waals surface area contributed by atoms with Crippen LogP contribution in [0.4, 0.5) is 0 Å². The zero-order chi connectivity index (χ0) is 11.3. The Bertz CT molecular complexity index is 204. The molecule has 0 radical (unpaired) electrons. The van der Waals surface area contributed by atoms with Gasteiger partial charge in [0.05, 0.1) is 12.6 Å². The molecule has 88 valence electrons. The first-order valence-electron chi connectivity index (χ1n) is 5.49. The molecular formula is C11H21NO3. The topological polar surface area (TPSA) is 47.6 Å². The van der Waals surface area contributed by atoms with E-state index in [-0.39, 0.29) is 24.2 Å². The minimum absolute atomic E-state index is 0.0527. The summed E-state index contributed by atoms with van der Waals surface area (Å²) >= 11 is 0. The highest BCUT2D eigenvalue weighted by Crippen LogP contribution is 2.11. The van der Waals surface area contributed by atoms with Crippen molar-refractivity contribution in [3.05, 3.63) is 0 Å². The van der Waals surface area contributed by atoms with E-state index < -0.39 is 0 Å². The second-order valence-corrected chi connectivity index (χ2v) is 4.92. The number of ether oxygens (including phenoxy) is 2. The maximum atomic E-state index is 11.3. The lowest BCUT2D eigenvalue weighted by molar-refractivity contribution is -0.146. The van der Waals surface area contributed by atoms with Gasteiger partial charge in [0.2, 0.25) is 0 Å². The fourth-order valence-electron chi connectivity index (χ4n) is 1.35. The summed E-state index contributed by atoms with van der Waals surface area (Å²) in [5.41, 5.74) is -0.0527. The van der Waals surface area contributed by atoms with E-state index in [1.165, 1.54) is 0 Å². The third-order valence-corrected chi connectivity index (χ3v) is 2.22. The molecule has 0 aromatic carbocycles. The Morgan fingerprint density at radius 2 is 2.27 bits per heavy atom. The molecule has 0 aliphatic carbocycles. The Kier molecular flexibility index (Phi) is 4.54. The van der Waals surface area contributed by atoms with Crippen LogP contribution >= 0.6 is 0 Å². The van der Waals surface area contributed by atoms with Crippen molar-refractivity contribution in [2.75, 3.05) is 19.8 Å². The van der Waals surface area contributed by atoms with Gasteiger partial charge in [-0.2, -0.15) is 0 Å². The summed E-state index contributed by atoms with van der Waals surface area (Å²) in [7, 11) is 0. The molecule has 1 rings (SSSR count). The highest BCUT2D eigenvalue weighted by atomic mass is 16.6. The van der Waals surface area contributed by atoms with E-state index in [1.54, 1.807) is 0 Å². The van der Waals surface area contributed by atoms with Crippen LogP contribution in [-0.4, -0.2) is 37.4 Å². The van der Waals surface area contributed by atoms with Crippen LogP contribution in [-0.2, 0) is 14.3 Å². The summed E-state index contributed by atoms with van der Waals surface area (Å²) in [4.78, 5) is 11.3. The highest BCUT2D eigenvalue weighted by Gasteiger charge is 2.18. The predicted molar refractivity (Wildman–Crippen MR) is 57.7 cm³/mol. The van der Waals surface area contributed by atoms with E-state index in [0.29, 0.717) is 6.61 Å². The molecule has 1 unspecified atom stereocenters. The molecule has 1 heterocycles. The summed E-state index contributed by atoms with van der Waals surface area (Å²) in [6.07, 6.45) is 2.19. The van der Waals surface area contributed by atoms with E-state index in [1.807, 2.05) is 20.8 Å². The molecular weight excluding hydrogens is 194 g/mol. The Morgan fingerprint density at radius 1 is 1.53 bits per heavy atom. The molecule has 1 fully saturated rings. The standard InChI is InChI=1S/C11H21NO3/c1-11(2,3)12-7-10(13)15-8-9-5-4-6-14-9/h9,12H,4-8H2,1-3H3. The van der Waals surface area contributed by atoms with Gasteiger partial charge in [-0.15, -0.1) is 0 Å². The molecule has 0 aromatic heterocycles. The molecule has 1 aliphatic rings. The summed E-state index contributed by atoms with van der Waals surface area (Å²) in [6.45, 7) is 7.49. The average Bonchev–Trinajstić information content (AvgIpc) is 2.62. The number of hydrogen-bond donors (Lipinski definition) is 1. The van der Waals surface area contributed by atoms with Crippen LogP contribution in [0.15, 0.2) is 0 Å². The van der Waals surface area contributed by atoms with E-state index in [9.17, 15) is 4.79 Å². The van der Waals surface area contributed by atoms with Crippen LogP contribution in [0.2, 0.25) is 0 Å². The number of rotatable bonds is 4. The molecule has 0 spiro atoms. The first-order chi connectivity index (χ1) is 6.97. The summed E-state index contributed by atoms with van der Waals surface area (Å²) in [6, 6.07) is 0. The SMILES string of the molecule is CC(C)(C)NCC(=O)OCC1CCCO1. The van der Waals surface area contributed by atoms with Crippen LogP contribution in [0, 0.1) is 0 Å². The largest absolute Gasteiger partial charge is 0.462 e. The monoisotopic (exact) mass is 215 g/mol. The zero-order valence-corrected chi connectivity index (χ0v) is 9.84. The maximum absolute atomic E-state index is 11.3. The summed E-state index contributed by atoms with van der Waals surface area (Å²) < 4.78 is 10.4. The second kappa shape index (κ2) is 5.47. The fourth-order valence-corrected chi connectivity index (χ4v) is 1.35. The Balaban J connectivity index is 2.08. The molecule has 1 N–H and O–H groups in total. The van der Waals surface area contributed by atoms with Gasteiger partial charge in [-0.3, -0.25) is 4.79 Å². The smallest absolute Gasteiger partial charge is 0.320 e. The van der Waals surface area contributed by atoms with Crippen LogP contribution in [0.3, 0.4) is 0 Å². The molecule has 1 saturated heterocycles. The summed E-state index contributed by atoms with van der Waals surface area (Å²) in [5, 5.41) is 3.08. The van der Waals surface area contributed by atoms with Gasteiger partial charge in [0.25, 0.3) is 0 Å². The second-order valence-electron chi connectivity index (χ2n) is 4.92. The maximum Gasteiger partial charge on any atom is 0.320 e. The highest BCUT2D eigenvalue weighted by molar-refractivity contribution is 5.71. The fraction of sp³-hybridized carbons (Fsp3) is 0.909. The van der Waals surface area contributed by atoms with Crippen LogP contribution in [0.5, 0.6) is 0 Å². The van der Waals surface area contributed by atoms with Crippen molar-refractivity contribution in [2.45, 2.75) is 45.3 Å². The zero-order valence-electron chi connectivity index (χ0n) is 9.84. The van der Waals surface area contributed by atoms with E-state index in [0.717, 1.165) is 19.4 Å². The van der Waals surface area contributed by atoms with Gasteiger partial charge in [-0.05, 0) is 33.6 Å². The molecule has 1 atom stereocenters. The van der Waals surface area contributed by atoms with Gasteiger partial charge in [0, 0.05) is 12.1 Å². The first kappa shape index (κ1) is 12.5. The minimum Gasteiger partial charge on any atom is -0.462 e. The van der Waals surface area contributed by atoms with Gasteiger partial charge in [0.15, 0.2) is 0 Å². The molecule has 0 saturated carbocycles. The van der Waals surface area contributed by atoms with Crippen molar-refractivity contribution in [1.29, 1.82) is 0 Å². The van der Waals surface area contributed by atoms with Crippen molar-refractivity contribution >= 4 is 5.97 Å². The first-order valence-corrected chi connectivity index (χ1v) is 5.49. The molecule has 15 heavy (non-hydrogen) atoms. The number of nitrogens with one attached hydrogen (secondary N) is 1. The van der Waals surface area contributed by atoms with E-state index in [2.05, 4.69) is 5.32 Å². The van der Waals surface area contributed by atoms with Crippen molar-refractivity contribution < 1.29 is 14.3 Å².